The van der Waals surface area contributed by atoms with Crippen molar-refractivity contribution in [3.8, 4) is 17.6 Å². The van der Waals surface area contributed by atoms with Crippen LogP contribution < -0.4 is 9.47 Å². The molecule has 0 bridgehead atoms. The number of benzene rings is 1. The van der Waals surface area contributed by atoms with E-state index in [9.17, 15) is 0 Å². The molecule has 114 valence electrons. The van der Waals surface area contributed by atoms with E-state index in [2.05, 4.69) is 11.0 Å². The van der Waals surface area contributed by atoms with E-state index in [1.807, 2.05) is 38.1 Å². The van der Waals surface area contributed by atoms with Crippen LogP contribution in [0.5, 0.6) is 11.5 Å². The molecule has 1 unspecified atom stereocenters. The number of nitriles is 1. The maximum atomic E-state index is 8.99. The van der Waals surface area contributed by atoms with Gasteiger partial charge in [0.2, 0.25) is 0 Å². The molecule has 4 nitrogen and oxygen atoms in total. The minimum Gasteiger partial charge on any atom is -0.492 e. The van der Waals surface area contributed by atoms with Crippen LogP contribution in [0.3, 0.4) is 0 Å². The lowest BCUT2D eigenvalue weighted by Gasteiger charge is -2.29. The summed E-state index contributed by atoms with van der Waals surface area (Å²) in [5, 5.41) is 8.99. The fourth-order valence-electron chi connectivity index (χ4n) is 2.57. The molecule has 0 aromatic heterocycles. The van der Waals surface area contributed by atoms with Gasteiger partial charge in [0.15, 0.2) is 0 Å². The Labute approximate surface area is 127 Å². The molecule has 1 aromatic rings. The van der Waals surface area contributed by atoms with Crippen molar-refractivity contribution in [3.63, 3.8) is 0 Å². The highest BCUT2D eigenvalue weighted by Crippen LogP contribution is 2.21. The van der Waals surface area contributed by atoms with Gasteiger partial charge in [-0.05, 0) is 45.4 Å². The van der Waals surface area contributed by atoms with Crippen LogP contribution in [0.15, 0.2) is 24.3 Å². The molecule has 1 aromatic carbocycles. The molecule has 0 aliphatic carbocycles. The van der Waals surface area contributed by atoms with Gasteiger partial charge in [-0.1, -0.05) is 6.07 Å². The number of hydrogen-bond acceptors (Lipinski definition) is 4. The van der Waals surface area contributed by atoms with E-state index in [1.54, 1.807) is 0 Å². The van der Waals surface area contributed by atoms with Crippen molar-refractivity contribution in [1.29, 1.82) is 5.26 Å². The third-order valence-corrected chi connectivity index (χ3v) is 3.54. The van der Waals surface area contributed by atoms with E-state index in [4.69, 9.17) is 14.7 Å². The van der Waals surface area contributed by atoms with Gasteiger partial charge in [0.1, 0.15) is 18.1 Å². The maximum absolute atomic E-state index is 8.99. The van der Waals surface area contributed by atoms with Crippen LogP contribution >= 0.6 is 0 Å². The van der Waals surface area contributed by atoms with Crippen LogP contribution in [0, 0.1) is 17.2 Å². The van der Waals surface area contributed by atoms with Crippen molar-refractivity contribution in [2.24, 2.45) is 5.92 Å². The van der Waals surface area contributed by atoms with Gasteiger partial charge in [0.25, 0.3) is 0 Å². The molecule has 4 heteroatoms. The van der Waals surface area contributed by atoms with Crippen molar-refractivity contribution in [2.75, 3.05) is 26.2 Å². The Kier molecular flexibility index (Phi) is 5.89. The molecule has 0 spiro atoms. The average Bonchev–Trinajstić information content (AvgIpc) is 2.47. The lowest BCUT2D eigenvalue weighted by Crippen LogP contribution is -2.37. The summed E-state index contributed by atoms with van der Waals surface area (Å²) in [5.74, 6) is 1.86. The maximum Gasteiger partial charge on any atom is 0.123 e. The molecule has 1 aliphatic rings. The Hall–Kier alpha value is -1.73. The predicted molar refractivity (Wildman–Crippen MR) is 82.5 cm³/mol. The normalized spacial score (nSPS) is 19.2. The van der Waals surface area contributed by atoms with E-state index in [1.165, 1.54) is 0 Å². The summed E-state index contributed by atoms with van der Waals surface area (Å²) in [5.41, 5.74) is 0. The summed E-state index contributed by atoms with van der Waals surface area (Å²) in [6, 6.07) is 10.1. The van der Waals surface area contributed by atoms with E-state index >= 15 is 0 Å². The second kappa shape index (κ2) is 7.90. The first kappa shape index (κ1) is 15.7. The number of ether oxygens (including phenoxy) is 2. The smallest absolute Gasteiger partial charge is 0.123 e. The Morgan fingerprint density at radius 3 is 2.95 bits per heavy atom. The van der Waals surface area contributed by atoms with Gasteiger partial charge in [-0.15, -0.1) is 0 Å². The van der Waals surface area contributed by atoms with Gasteiger partial charge in [-0.25, -0.2) is 0 Å². The van der Waals surface area contributed by atoms with Crippen molar-refractivity contribution in [1.82, 2.24) is 4.90 Å². The highest BCUT2D eigenvalue weighted by molar-refractivity contribution is 5.33. The summed E-state index contributed by atoms with van der Waals surface area (Å²) in [4.78, 5) is 2.31. The standard InChI is InChI=1S/C17H24N2O2/c1-14(2)21-17-7-3-6-16(11-17)20-10-9-19-8-4-5-15(12-18)13-19/h3,6-7,11,14-15H,4-5,8-10,13H2,1-2H3. The predicted octanol–water partition coefficient (Wildman–Crippen LogP) is 3.09. The molecular formula is C17H24N2O2. The van der Waals surface area contributed by atoms with E-state index in [-0.39, 0.29) is 12.0 Å². The molecule has 0 saturated carbocycles. The molecule has 0 radical (unpaired) electrons. The van der Waals surface area contributed by atoms with Gasteiger partial charge in [0, 0.05) is 19.2 Å². The Bertz CT molecular complexity index is 482. The third-order valence-electron chi connectivity index (χ3n) is 3.54. The zero-order valence-corrected chi connectivity index (χ0v) is 12.9. The molecular weight excluding hydrogens is 264 g/mol. The lowest BCUT2D eigenvalue weighted by molar-refractivity contribution is 0.164. The minimum absolute atomic E-state index is 0.163. The number of piperidine rings is 1. The Balaban J connectivity index is 1.77. The fraction of sp³-hybridized carbons (Fsp3) is 0.588. The van der Waals surface area contributed by atoms with Crippen LogP contribution in [-0.4, -0.2) is 37.2 Å². The molecule has 1 atom stereocenters. The van der Waals surface area contributed by atoms with E-state index in [0.29, 0.717) is 6.61 Å². The van der Waals surface area contributed by atoms with Gasteiger partial charge in [-0.3, -0.25) is 4.90 Å². The fourth-order valence-corrected chi connectivity index (χ4v) is 2.57. The summed E-state index contributed by atoms with van der Waals surface area (Å²) < 4.78 is 11.4. The van der Waals surface area contributed by atoms with Crippen LogP contribution in [0.1, 0.15) is 26.7 Å². The monoisotopic (exact) mass is 288 g/mol. The SMILES string of the molecule is CC(C)Oc1cccc(OCCN2CCCC(C#N)C2)c1. The summed E-state index contributed by atoms with van der Waals surface area (Å²) in [7, 11) is 0. The van der Waals surface area contributed by atoms with E-state index < -0.39 is 0 Å². The summed E-state index contributed by atoms with van der Waals surface area (Å²) in [6.07, 6.45) is 2.30. The van der Waals surface area contributed by atoms with Crippen molar-refractivity contribution in [3.05, 3.63) is 24.3 Å². The second-order valence-corrected chi connectivity index (χ2v) is 5.76. The molecule has 1 heterocycles. The number of likely N-dealkylation sites (tertiary alicyclic amines) is 1. The molecule has 2 rings (SSSR count). The number of hydrogen-bond donors (Lipinski definition) is 0. The van der Waals surface area contributed by atoms with Gasteiger partial charge < -0.3 is 9.47 Å². The topological polar surface area (TPSA) is 45.5 Å². The zero-order chi connectivity index (χ0) is 15.1. The lowest BCUT2D eigenvalue weighted by atomic mass is 10.00. The quantitative estimate of drug-likeness (QED) is 0.807. The highest BCUT2D eigenvalue weighted by Gasteiger charge is 2.18. The summed E-state index contributed by atoms with van der Waals surface area (Å²) in [6.45, 7) is 7.47. The first-order valence-corrected chi connectivity index (χ1v) is 7.69. The molecule has 21 heavy (non-hydrogen) atoms. The van der Waals surface area contributed by atoms with Crippen LogP contribution in [0.4, 0.5) is 0 Å². The first-order valence-electron chi connectivity index (χ1n) is 7.69. The number of rotatable bonds is 6. The van der Waals surface area contributed by atoms with Gasteiger partial charge in [-0.2, -0.15) is 5.26 Å². The van der Waals surface area contributed by atoms with Crippen LogP contribution in [0.2, 0.25) is 0 Å². The molecule has 1 fully saturated rings. The zero-order valence-electron chi connectivity index (χ0n) is 12.9. The highest BCUT2D eigenvalue weighted by atomic mass is 16.5. The van der Waals surface area contributed by atoms with Crippen molar-refractivity contribution < 1.29 is 9.47 Å². The first-order chi connectivity index (χ1) is 10.2. The molecule has 1 aliphatic heterocycles. The summed E-state index contributed by atoms with van der Waals surface area (Å²) >= 11 is 0. The molecule has 0 N–H and O–H groups in total. The van der Waals surface area contributed by atoms with Gasteiger partial charge in [0.05, 0.1) is 18.1 Å². The molecule has 1 saturated heterocycles. The van der Waals surface area contributed by atoms with Gasteiger partial charge >= 0.3 is 0 Å². The third kappa shape index (κ3) is 5.28. The minimum atomic E-state index is 0.163. The van der Waals surface area contributed by atoms with Crippen molar-refractivity contribution >= 4 is 0 Å². The average molecular weight is 288 g/mol. The molecule has 0 amide bonds. The Morgan fingerprint density at radius 1 is 1.38 bits per heavy atom. The second-order valence-electron chi connectivity index (χ2n) is 5.76. The van der Waals surface area contributed by atoms with Crippen LogP contribution in [-0.2, 0) is 0 Å². The Morgan fingerprint density at radius 2 is 2.19 bits per heavy atom. The van der Waals surface area contributed by atoms with E-state index in [0.717, 1.165) is 44.0 Å². The van der Waals surface area contributed by atoms with Crippen LogP contribution in [0.25, 0.3) is 0 Å². The number of nitrogens with zero attached hydrogens (tertiary/aromatic N) is 2. The van der Waals surface area contributed by atoms with Crippen molar-refractivity contribution in [2.45, 2.75) is 32.8 Å². The largest absolute Gasteiger partial charge is 0.492 e.